The van der Waals surface area contributed by atoms with E-state index in [9.17, 15) is 0 Å². The zero-order chi connectivity index (χ0) is 50.1. The van der Waals surface area contributed by atoms with E-state index in [0.717, 1.165) is 72.1 Å². The fourth-order valence-electron chi connectivity index (χ4n) is 15.2. The molecule has 3 heteroatoms. The molecule has 0 radical (unpaired) electrons. The van der Waals surface area contributed by atoms with Gasteiger partial charge in [0.2, 0.25) is 0 Å². The fraction of sp³-hybridized carbons (Fsp3) is 0.0270. The molecule has 14 aromatic rings. The summed E-state index contributed by atoms with van der Waals surface area (Å²) in [6, 6.07) is 96.9. The third-order valence-corrected chi connectivity index (χ3v) is 17.9. The Kier molecular flexibility index (Phi) is 8.00. The van der Waals surface area contributed by atoms with Gasteiger partial charge in [0.1, 0.15) is 22.3 Å². The van der Waals surface area contributed by atoms with Crippen LogP contribution >= 0.6 is 0 Å². The SMILES string of the molecule is c1ccc(-c2ccccc2N(c2cccc3c2-c2ccccc2C32c3ccccc3-c3c2ccc2c3oc3ccccc32)c2cccc3c2-c2ccccc2C32c3ccccc3-c3c2ccc2c3oc3ccccc32)cc1. The summed E-state index contributed by atoms with van der Waals surface area (Å²) >= 11 is 0. The van der Waals surface area contributed by atoms with Crippen molar-refractivity contribution in [2.45, 2.75) is 10.8 Å². The Labute approximate surface area is 444 Å². The lowest BCUT2D eigenvalue weighted by Gasteiger charge is -2.34. The van der Waals surface area contributed by atoms with Crippen molar-refractivity contribution in [1.29, 1.82) is 0 Å². The molecule has 2 spiro atoms. The van der Waals surface area contributed by atoms with Crippen LogP contribution in [-0.2, 0) is 10.8 Å². The second-order valence-electron chi connectivity index (χ2n) is 21.2. The van der Waals surface area contributed by atoms with Gasteiger partial charge < -0.3 is 13.7 Å². The summed E-state index contributed by atoms with van der Waals surface area (Å²) in [7, 11) is 0. The van der Waals surface area contributed by atoms with Gasteiger partial charge in [-0.25, -0.2) is 0 Å². The number of nitrogens with zero attached hydrogens (tertiary/aromatic N) is 1. The van der Waals surface area contributed by atoms with Crippen molar-refractivity contribution >= 4 is 60.9 Å². The molecule has 2 unspecified atom stereocenters. The summed E-state index contributed by atoms with van der Waals surface area (Å²) in [4.78, 5) is 2.61. The number of anilines is 3. The van der Waals surface area contributed by atoms with Crippen LogP contribution < -0.4 is 4.90 Å². The topological polar surface area (TPSA) is 29.5 Å². The van der Waals surface area contributed by atoms with Gasteiger partial charge in [-0.05, 0) is 103 Å². The van der Waals surface area contributed by atoms with Crippen LogP contribution in [0, 0.1) is 0 Å². The summed E-state index contributed by atoms with van der Waals surface area (Å²) < 4.78 is 13.9. The van der Waals surface area contributed by atoms with Crippen molar-refractivity contribution in [2.24, 2.45) is 0 Å². The van der Waals surface area contributed by atoms with E-state index in [2.05, 4.69) is 266 Å². The summed E-state index contributed by atoms with van der Waals surface area (Å²) in [6.07, 6.45) is 0. The first-order valence-corrected chi connectivity index (χ1v) is 26.7. The summed E-state index contributed by atoms with van der Waals surface area (Å²) in [5, 5.41) is 4.55. The lowest BCUT2D eigenvalue weighted by Crippen LogP contribution is -2.26. The molecule has 2 atom stereocenters. The molecule has 0 aliphatic heterocycles. The summed E-state index contributed by atoms with van der Waals surface area (Å²) in [5.74, 6) is 0. The number of para-hydroxylation sites is 3. The molecule has 0 bridgehead atoms. The van der Waals surface area contributed by atoms with Crippen molar-refractivity contribution in [1.82, 2.24) is 0 Å². The Morgan fingerprint density at radius 2 is 0.584 bits per heavy atom. The molecule has 77 heavy (non-hydrogen) atoms. The zero-order valence-corrected chi connectivity index (χ0v) is 41.6. The van der Waals surface area contributed by atoms with Crippen LogP contribution in [0.5, 0.6) is 0 Å². The van der Waals surface area contributed by atoms with Gasteiger partial charge >= 0.3 is 0 Å². The van der Waals surface area contributed by atoms with E-state index in [1.165, 1.54) is 89.0 Å². The second kappa shape index (κ2) is 14.9. The first kappa shape index (κ1) is 41.4. The number of furan rings is 2. The average molecular weight is 978 g/mol. The maximum Gasteiger partial charge on any atom is 0.143 e. The minimum atomic E-state index is -0.625. The quantitative estimate of drug-likeness (QED) is 0.176. The highest BCUT2D eigenvalue weighted by Crippen LogP contribution is 2.69. The van der Waals surface area contributed by atoms with Crippen LogP contribution in [0.3, 0.4) is 0 Å². The Balaban J connectivity index is 0.955. The molecule has 4 aliphatic rings. The van der Waals surface area contributed by atoms with Gasteiger partial charge in [-0.1, -0.05) is 231 Å². The Bertz CT molecular complexity index is 4630. The van der Waals surface area contributed by atoms with Gasteiger partial charge in [-0.15, -0.1) is 0 Å². The van der Waals surface area contributed by atoms with E-state index < -0.39 is 10.8 Å². The monoisotopic (exact) mass is 977 g/mol. The second-order valence-corrected chi connectivity index (χ2v) is 21.2. The molecule has 0 saturated heterocycles. The Morgan fingerprint density at radius 1 is 0.234 bits per heavy atom. The van der Waals surface area contributed by atoms with Crippen LogP contribution in [0.4, 0.5) is 17.1 Å². The highest BCUT2D eigenvalue weighted by molar-refractivity contribution is 6.16. The highest BCUT2D eigenvalue weighted by Gasteiger charge is 2.55. The minimum absolute atomic E-state index is 0.625. The number of hydrogen-bond acceptors (Lipinski definition) is 3. The van der Waals surface area contributed by atoms with Gasteiger partial charge in [0, 0.05) is 49.4 Å². The average Bonchev–Trinajstić information content (AvgIpc) is 3.52. The zero-order valence-electron chi connectivity index (χ0n) is 41.6. The molecular formula is C74H43NO2. The molecule has 0 fully saturated rings. The predicted octanol–water partition coefficient (Wildman–Crippen LogP) is 19.3. The van der Waals surface area contributed by atoms with Crippen LogP contribution in [0.25, 0.3) is 99.5 Å². The van der Waals surface area contributed by atoms with Crippen LogP contribution in [-0.4, -0.2) is 0 Å². The van der Waals surface area contributed by atoms with Crippen molar-refractivity contribution in [3.8, 4) is 55.6 Å². The fourth-order valence-corrected chi connectivity index (χ4v) is 15.2. The van der Waals surface area contributed by atoms with E-state index in [1.807, 2.05) is 0 Å². The lowest BCUT2D eigenvalue weighted by atomic mass is 9.70. The molecular weight excluding hydrogens is 935 g/mol. The number of hydrogen-bond donors (Lipinski definition) is 0. The van der Waals surface area contributed by atoms with Crippen molar-refractivity contribution in [3.05, 3.63) is 305 Å². The molecule has 3 nitrogen and oxygen atoms in total. The number of rotatable bonds is 4. The number of fused-ring (bicyclic) bond motifs is 28. The van der Waals surface area contributed by atoms with Gasteiger partial charge in [-0.3, -0.25) is 0 Å². The normalized spacial score (nSPS) is 16.7. The molecule has 4 aliphatic carbocycles. The standard InChI is InChI=1S/C74H43NO2/c1-2-20-44(21-3-1)45-22-8-15-35-62(45)75(63-36-18-33-58-67(63)50-25-4-11-29-54(50)73(58)56-31-13-6-27-52(56)69-60(73)42-40-48-46-23-9-16-38-65(46)76-71(48)69)64-37-19-34-59-68(64)51-26-5-12-30-55(51)74(59)57-32-14-7-28-53(57)70-61(74)43-41-49-47-24-10-17-39-66(47)77-72(49)70/h1-43H. The molecule has 2 aromatic heterocycles. The van der Waals surface area contributed by atoms with E-state index in [0.29, 0.717) is 0 Å². The minimum Gasteiger partial charge on any atom is -0.455 e. The smallest absolute Gasteiger partial charge is 0.143 e. The van der Waals surface area contributed by atoms with E-state index in [1.54, 1.807) is 0 Å². The predicted molar refractivity (Wildman–Crippen MR) is 314 cm³/mol. The van der Waals surface area contributed by atoms with Gasteiger partial charge in [0.15, 0.2) is 0 Å². The highest BCUT2D eigenvalue weighted by atomic mass is 16.3. The van der Waals surface area contributed by atoms with E-state index in [4.69, 9.17) is 8.83 Å². The molecule has 18 rings (SSSR count). The Morgan fingerprint density at radius 3 is 1.06 bits per heavy atom. The third-order valence-electron chi connectivity index (χ3n) is 17.9. The summed E-state index contributed by atoms with van der Waals surface area (Å²) in [6.45, 7) is 0. The maximum atomic E-state index is 6.94. The third kappa shape index (κ3) is 4.99. The van der Waals surface area contributed by atoms with Crippen LogP contribution in [0.2, 0.25) is 0 Å². The Hall–Kier alpha value is -9.96. The summed E-state index contributed by atoms with van der Waals surface area (Å²) in [5.41, 5.74) is 27.9. The van der Waals surface area contributed by atoms with Gasteiger partial charge in [0.25, 0.3) is 0 Å². The first-order valence-electron chi connectivity index (χ1n) is 26.7. The van der Waals surface area contributed by atoms with Crippen molar-refractivity contribution in [2.75, 3.05) is 4.90 Å². The molecule has 0 saturated carbocycles. The van der Waals surface area contributed by atoms with Crippen LogP contribution in [0.15, 0.2) is 270 Å². The van der Waals surface area contributed by atoms with Crippen molar-refractivity contribution in [3.63, 3.8) is 0 Å². The van der Waals surface area contributed by atoms with Crippen molar-refractivity contribution < 1.29 is 8.83 Å². The van der Waals surface area contributed by atoms with E-state index in [-0.39, 0.29) is 0 Å². The van der Waals surface area contributed by atoms with Gasteiger partial charge in [-0.2, -0.15) is 0 Å². The van der Waals surface area contributed by atoms with E-state index >= 15 is 0 Å². The van der Waals surface area contributed by atoms with Gasteiger partial charge in [0.05, 0.1) is 27.9 Å². The molecule has 0 amide bonds. The van der Waals surface area contributed by atoms with Crippen LogP contribution in [0.1, 0.15) is 44.5 Å². The largest absolute Gasteiger partial charge is 0.455 e. The molecule has 12 aromatic carbocycles. The molecule has 2 heterocycles. The lowest BCUT2D eigenvalue weighted by molar-refractivity contribution is 0.668. The number of benzene rings is 12. The first-order chi connectivity index (χ1) is 38.2. The molecule has 356 valence electrons. The molecule has 0 N–H and O–H groups in total. The maximum absolute atomic E-state index is 6.94.